The van der Waals surface area contributed by atoms with Crippen LogP contribution in [0.4, 0.5) is 0 Å². The number of allylic oxidation sites excluding steroid dienone is 4. The smallest absolute Gasteiger partial charge is 0.00977 e. The molecule has 0 fully saturated rings. The molecule has 0 amide bonds. The maximum Gasteiger partial charge on any atom is 0.00977 e. The molecular formula is C20H37N. The Morgan fingerprint density at radius 2 is 1.33 bits per heavy atom. The second-order valence-electron chi connectivity index (χ2n) is 6.90. The summed E-state index contributed by atoms with van der Waals surface area (Å²) in [5.74, 6) is 0.677. The Labute approximate surface area is 133 Å². The average Bonchev–Trinajstić information content (AvgIpc) is 2.97. The Morgan fingerprint density at radius 3 is 1.86 bits per heavy atom. The summed E-state index contributed by atoms with van der Waals surface area (Å²) in [7, 11) is 4.47. The molecule has 0 N–H and O–H groups in total. The summed E-state index contributed by atoms with van der Waals surface area (Å²) < 4.78 is 0. The van der Waals surface area contributed by atoms with Crippen LogP contribution < -0.4 is 0 Å². The second-order valence-corrected chi connectivity index (χ2v) is 6.90. The molecule has 0 saturated carbocycles. The molecule has 1 rings (SSSR count). The van der Waals surface area contributed by atoms with E-state index in [0.717, 1.165) is 6.04 Å². The molecule has 0 spiro atoms. The van der Waals surface area contributed by atoms with E-state index in [1.165, 1.54) is 70.6 Å². The fraction of sp³-hybridized carbons (Fsp3) is 0.800. The van der Waals surface area contributed by atoms with Gasteiger partial charge in [-0.15, -0.1) is 0 Å². The Hall–Kier alpha value is -0.560. The van der Waals surface area contributed by atoms with E-state index in [0.29, 0.717) is 5.92 Å². The van der Waals surface area contributed by atoms with E-state index in [9.17, 15) is 0 Å². The minimum absolute atomic E-state index is 0.677. The first-order chi connectivity index (χ1) is 10.2. The standard InChI is InChI=1S/C20H37N/c1-4-5-6-7-8-9-10-11-12-17-20(21(2)3)18-19-15-13-14-16-19/h13-16,19-20H,4-12,17-18H2,1-3H3. The summed E-state index contributed by atoms with van der Waals surface area (Å²) in [5, 5.41) is 0. The Kier molecular flexibility index (Phi) is 10.6. The van der Waals surface area contributed by atoms with Gasteiger partial charge in [-0.05, 0) is 32.9 Å². The van der Waals surface area contributed by atoms with E-state index in [2.05, 4.69) is 50.2 Å². The van der Waals surface area contributed by atoms with Crippen molar-refractivity contribution < 1.29 is 0 Å². The number of nitrogens with zero attached hydrogens (tertiary/aromatic N) is 1. The van der Waals surface area contributed by atoms with Gasteiger partial charge in [-0.2, -0.15) is 0 Å². The fourth-order valence-electron chi connectivity index (χ4n) is 3.23. The first kappa shape index (κ1) is 18.5. The quantitative estimate of drug-likeness (QED) is 0.378. The fourth-order valence-corrected chi connectivity index (χ4v) is 3.23. The van der Waals surface area contributed by atoms with E-state index in [4.69, 9.17) is 0 Å². The molecule has 0 heterocycles. The van der Waals surface area contributed by atoms with Crippen molar-refractivity contribution >= 4 is 0 Å². The maximum absolute atomic E-state index is 2.42. The molecule has 1 heteroatoms. The van der Waals surface area contributed by atoms with E-state index in [-0.39, 0.29) is 0 Å². The molecule has 0 saturated heterocycles. The molecule has 0 bridgehead atoms. The van der Waals surface area contributed by atoms with Gasteiger partial charge in [0.25, 0.3) is 0 Å². The molecule has 0 aromatic heterocycles. The van der Waals surface area contributed by atoms with Gasteiger partial charge in [0.2, 0.25) is 0 Å². The van der Waals surface area contributed by atoms with Gasteiger partial charge in [0, 0.05) is 6.04 Å². The van der Waals surface area contributed by atoms with Crippen molar-refractivity contribution in [3.8, 4) is 0 Å². The molecule has 21 heavy (non-hydrogen) atoms. The van der Waals surface area contributed by atoms with Gasteiger partial charge in [0.05, 0.1) is 0 Å². The summed E-state index contributed by atoms with van der Waals surface area (Å²) in [4.78, 5) is 2.42. The van der Waals surface area contributed by atoms with Crippen molar-refractivity contribution in [2.24, 2.45) is 5.92 Å². The van der Waals surface area contributed by atoms with Crippen molar-refractivity contribution in [3.05, 3.63) is 24.3 Å². The van der Waals surface area contributed by atoms with Gasteiger partial charge in [-0.3, -0.25) is 0 Å². The van der Waals surface area contributed by atoms with Gasteiger partial charge < -0.3 is 4.90 Å². The van der Waals surface area contributed by atoms with E-state index >= 15 is 0 Å². The highest BCUT2D eigenvalue weighted by molar-refractivity contribution is 5.17. The SMILES string of the molecule is CCCCCCCCCCCC(CC1C=CC=C1)N(C)C. The first-order valence-corrected chi connectivity index (χ1v) is 9.25. The molecular weight excluding hydrogens is 254 g/mol. The topological polar surface area (TPSA) is 3.24 Å². The summed E-state index contributed by atoms with van der Waals surface area (Å²) in [6.07, 6.45) is 24.6. The summed E-state index contributed by atoms with van der Waals surface area (Å²) in [6.45, 7) is 2.29. The minimum Gasteiger partial charge on any atom is -0.306 e. The van der Waals surface area contributed by atoms with Crippen LogP contribution in [0, 0.1) is 5.92 Å². The van der Waals surface area contributed by atoms with Crippen molar-refractivity contribution in [2.45, 2.75) is 83.6 Å². The predicted molar refractivity (Wildman–Crippen MR) is 95.7 cm³/mol. The van der Waals surface area contributed by atoms with Crippen LogP contribution in [-0.4, -0.2) is 25.0 Å². The normalized spacial score (nSPS) is 16.2. The maximum atomic E-state index is 2.42. The lowest BCUT2D eigenvalue weighted by molar-refractivity contribution is 0.248. The van der Waals surface area contributed by atoms with Crippen LogP contribution in [0.15, 0.2) is 24.3 Å². The van der Waals surface area contributed by atoms with Crippen LogP contribution in [-0.2, 0) is 0 Å². The number of unbranched alkanes of at least 4 members (excludes halogenated alkanes) is 8. The van der Waals surface area contributed by atoms with E-state index in [1.54, 1.807) is 0 Å². The zero-order valence-electron chi connectivity index (χ0n) is 14.7. The third kappa shape index (κ3) is 9.14. The zero-order valence-corrected chi connectivity index (χ0v) is 14.7. The highest BCUT2D eigenvalue weighted by Gasteiger charge is 2.15. The van der Waals surface area contributed by atoms with Gasteiger partial charge >= 0.3 is 0 Å². The van der Waals surface area contributed by atoms with Crippen LogP contribution >= 0.6 is 0 Å². The molecule has 1 aliphatic rings. The highest BCUT2D eigenvalue weighted by Crippen LogP contribution is 2.21. The van der Waals surface area contributed by atoms with E-state index in [1.807, 2.05) is 0 Å². The van der Waals surface area contributed by atoms with Crippen molar-refractivity contribution in [1.82, 2.24) is 4.90 Å². The summed E-state index contributed by atoms with van der Waals surface area (Å²) in [5.41, 5.74) is 0. The van der Waals surface area contributed by atoms with Crippen LogP contribution in [0.3, 0.4) is 0 Å². The van der Waals surface area contributed by atoms with Crippen LogP contribution in [0.25, 0.3) is 0 Å². The number of rotatable bonds is 13. The summed E-state index contributed by atoms with van der Waals surface area (Å²) >= 11 is 0. The van der Waals surface area contributed by atoms with Crippen molar-refractivity contribution in [3.63, 3.8) is 0 Å². The largest absolute Gasteiger partial charge is 0.306 e. The molecule has 1 atom stereocenters. The van der Waals surface area contributed by atoms with Crippen LogP contribution in [0.5, 0.6) is 0 Å². The average molecular weight is 292 g/mol. The molecule has 1 aliphatic carbocycles. The van der Waals surface area contributed by atoms with Gasteiger partial charge in [-0.25, -0.2) is 0 Å². The molecule has 0 radical (unpaired) electrons. The Morgan fingerprint density at radius 1 is 0.810 bits per heavy atom. The Balaban J connectivity index is 2.00. The Bertz CT molecular complexity index is 278. The lowest BCUT2D eigenvalue weighted by Gasteiger charge is -2.26. The van der Waals surface area contributed by atoms with Crippen molar-refractivity contribution in [1.29, 1.82) is 0 Å². The molecule has 122 valence electrons. The number of hydrogen-bond acceptors (Lipinski definition) is 1. The van der Waals surface area contributed by atoms with Gasteiger partial charge in [0.15, 0.2) is 0 Å². The molecule has 0 aliphatic heterocycles. The monoisotopic (exact) mass is 291 g/mol. The third-order valence-electron chi connectivity index (χ3n) is 4.74. The predicted octanol–water partition coefficient (Wildman–Crippen LogP) is 5.97. The van der Waals surface area contributed by atoms with E-state index < -0.39 is 0 Å². The van der Waals surface area contributed by atoms with Gasteiger partial charge in [0.1, 0.15) is 0 Å². The van der Waals surface area contributed by atoms with Crippen LogP contribution in [0.1, 0.15) is 77.6 Å². The summed E-state index contributed by atoms with van der Waals surface area (Å²) in [6, 6.07) is 0.743. The third-order valence-corrected chi connectivity index (χ3v) is 4.74. The molecule has 0 aromatic rings. The first-order valence-electron chi connectivity index (χ1n) is 9.25. The lowest BCUT2D eigenvalue weighted by Crippen LogP contribution is -2.29. The van der Waals surface area contributed by atoms with Crippen molar-refractivity contribution in [2.75, 3.05) is 14.1 Å². The zero-order chi connectivity index (χ0) is 15.3. The van der Waals surface area contributed by atoms with Crippen LogP contribution in [0.2, 0.25) is 0 Å². The second kappa shape index (κ2) is 12.0. The highest BCUT2D eigenvalue weighted by atomic mass is 15.1. The minimum atomic E-state index is 0.677. The van der Waals surface area contributed by atoms with Gasteiger partial charge in [-0.1, -0.05) is 89.0 Å². The lowest BCUT2D eigenvalue weighted by atomic mass is 9.96. The number of hydrogen-bond donors (Lipinski definition) is 0. The molecule has 1 unspecified atom stereocenters. The molecule has 1 nitrogen and oxygen atoms in total. The molecule has 0 aromatic carbocycles.